The number of carboxylic acids is 1. The highest BCUT2D eigenvalue weighted by molar-refractivity contribution is 5.95. The smallest absolute Gasteiger partial charge is 0.326 e. The van der Waals surface area contributed by atoms with Crippen LogP contribution in [-0.2, 0) is 11.2 Å². The van der Waals surface area contributed by atoms with Crippen LogP contribution in [0.2, 0.25) is 0 Å². The van der Waals surface area contributed by atoms with E-state index >= 15 is 0 Å². The molecular weight excluding hydrogens is 300 g/mol. The van der Waals surface area contributed by atoms with Crippen molar-refractivity contribution >= 4 is 17.8 Å². The minimum Gasteiger partial charge on any atom is -0.480 e. The zero-order chi connectivity index (χ0) is 17.0. The summed E-state index contributed by atoms with van der Waals surface area (Å²) in [4.78, 5) is 38.1. The normalized spacial score (nSPS) is 12.1. The molecule has 0 saturated heterocycles. The van der Waals surface area contributed by atoms with Crippen molar-refractivity contribution in [3.05, 3.63) is 35.7 Å². The lowest BCUT2D eigenvalue weighted by molar-refractivity contribution is -0.139. The number of aliphatic carboxylic acids is 1. The van der Waals surface area contributed by atoms with Gasteiger partial charge in [-0.25, -0.2) is 19.7 Å². The van der Waals surface area contributed by atoms with E-state index in [4.69, 9.17) is 5.73 Å². The van der Waals surface area contributed by atoms with Crippen molar-refractivity contribution in [3.63, 3.8) is 0 Å². The topological polar surface area (TPSA) is 147 Å². The number of carbonyl (C=O) groups excluding carboxylic acids is 1. The van der Waals surface area contributed by atoms with Crippen LogP contribution in [0.25, 0.3) is 0 Å². The first-order valence-corrected chi connectivity index (χ1v) is 7.02. The number of nitrogens with two attached hydrogens (primary N) is 1. The number of amides is 1. The highest BCUT2D eigenvalue weighted by Gasteiger charge is 2.23. The van der Waals surface area contributed by atoms with Gasteiger partial charge in [-0.15, -0.1) is 0 Å². The third-order valence-electron chi connectivity index (χ3n) is 3.17. The van der Waals surface area contributed by atoms with E-state index in [1.807, 2.05) is 13.8 Å². The quantitative estimate of drug-likeness (QED) is 0.600. The molecule has 5 N–H and O–H groups in total. The summed E-state index contributed by atoms with van der Waals surface area (Å²) in [5, 5.41) is 11.7. The van der Waals surface area contributed by atoms with E-state index in [1.54, 1.807) is 0 Å². The van der Waals surface area contributed by atoms with Crippen LogP contribution in [0.4, 0.5) is 5.95 Å². The zero-order valence-electron chi connectivity index (χ0n) is 12.8. The monoisotopic (exact) mass is 318 g/mol. The fourth-order valence-corrected chi connectivity index (χ4v) is 1.95. The Hall–Kier alpha value is -2.97. The van der Waals surface area contributed by atoms with Gasteiger partial charge in [-0.05, 0) is 12.0 Å². The van der Waals surface area contributed by atoms with Crippen LogP contribution in [0.15, 0.2) is 18.6 Å². The van der Waals surface area contributed by atoms with Crippen molar-refractivity contribution in [1.82, 2.24) is 25.3 Å². The van der Waals surface area contributed by atoms with Crippen LogP contribution in [0, 0.1) is 0 Å². The van der Waals surface area contributed by atoms with Crippen molar-refractivity contribution in [2.24, 2.45) is 0 Å². The lowest BCUT2D eigenvalue weighted by atomic mass is 10.1. The van der Waals surface area contributed by atoms with E-state index in [2.05, 4.69) is 25.3 Å². The number of aromatic amines is 1. The summed E-state index contributed by atoms with van der Waals surface area (Å²) in [6.07, 6.45) is 3.02. The van der Waals surface area contributed by atoms with Gasteiger partial charge in [0, 0.05) is 24.0 Å². The minimum atomic E-state index is -1.15. The molecule has 2 heterocycles. The molecule has 0 aliphatic heterocycles. The lowest BCUT2D eigenvalue weighted by Crippen LogP contribution is -2.42. The largest absolute Gasteiger partial charge is 0.480 e. The zero-order valence-corrected chi connectivity index (χ0v) is 12.8. The molecule has 0 radical (unpaired) electrons. The Kier molecular flexibility index (Phi) is 4.89. The summed E-state index contributed by atoms with van der Waals surface area (Å²) in [5.41, 5.74) is 6.86. The summed E-state index contributed by atoms with van der Waals surface area (Å²) < 4.78 is 0. The van der Waals surface area contributed by atoms with Crippen molar-refractivity contribution in [2.75, 3.05) is 5.73 Å². The molecule has 1 atom stereocenters. The first kappa shape index (κ1) is 16.4. The van der Waals surface area contributed by atoms with Gasteiger partial charge in [0.1, 0.15) is 11.7 Å². The van der Waals surface area contributed by atoms with Crippen LogP contribution in [0.1, 0.15) is 41.6 Å². The molecule has 2 rings (SSSR count). The van der Waals surface area contributed by atoms with Crippen LogP contribution in [0.3, 0.4) is 0 Å². The maximum Gasteiger partial charge on any atom is 0.326 e. The molecule has 2 aromatic rings. The number of carboxylic acid groups (broad SMARTS) is 1. The fraction of sp³-hybridized carbons (Fsp3) is 0.357. The van der Waals surface area contributed by atoms with Crippen LogP contribution >= 0.6 is 0 Å². The first-order valence-electron chi connectivity index (χ1n) is 7.02. The molecule has 122 valence electrons. The summed E-state index contributed by atoms with van der Waals surface area (Å²) in [7, 11) is 0. The number of aromatic nitrogens is 4. The SMILES string of the molecule is CC(C)c1cc(C(=O)N[C@@H](Cc2cnc[nH]2)C(=O)O)nc(N)n1. The Bertz CT molecular complexity index is 699. The van der Waals surface area contributed by atoms with E-state index in [9.17, 15) is 14.7 Å². The second-order valence-corrected chi connectivity index (χ2v) is 5.34. The molecule has 23 heavy (non-hydrogen) atoms. The predicted molar refractivity (Wildman–Crippen MR) is 81.7 cm³/mol. The molecular formula is C14H18N6O3. The van der Waals surface area contributed by atoms with Gasteiger partial charge in [0.25, 0.3) is 5.91 Å². The molecule has 0 aliphatic rings. The van der Waals surface area contributed by atoms with E-state index in [0.29, 0.717) is 11.4 Å². The van der Waals surface area contributed by atoms with Gasteiger partial charge in [-0.1, -0.05) is 13.8 Å². The van der Waals surface area contributed by atoms with E-state index < -0.39 is 17.9 Å². The van der Waals surface area contributed by atoms with Crippen molar-refractivity contribution in [1.29, 1.82) is 0 Å². The van der Waals surface area contributed by atoms with E-state index in [0.717, 1.165) is 0 Å². The number of hydrogen-bond donors (Lipinski definition) is 4. The molecule has 0 saturated carbocycles. The highest BCUT2D eigenvalue weighted by atomic mass is 16.4. The summed E-state index contributed by atoms with van der Waals surface area (Å²) >= 11 is 0. The average Bonchev–Trinajstić information content (AvgIpc) is 2.98. The molecule has 9 heteroatoms. The minimum absolute atomic E-state index is 0.0261. The summed E-state index contributed by atoms with van der Waals surface area (Å²) in [6, 6.07) is 0.396. The molecule has 0 spiro atoms. The number of nitrogens with one attached hydrogen (secondary N) is 2. The molecule has 0 bridgehead atoms. The van der Waals surface area contributed by atoms with Crippen molar-refractivity contribution in [2.45, 2.75) is 32.2 Å². The van der Waals surface area contributed by atoms with Crippen molar-refractivity contribution < 1.29 is 14.7 Å². The van der Waals surface area contributed by atoms with Crippen LogP contribution < -0.4 is 11.1 Å². The molecule has 9 nitrogen and oxygen atoms in total. The number of nitrogens with zero attached hydrogens (tertiary/aromatic N) is 3. The molecule has 0 aliphatic carbocycles. The molecule has 0 fully saturated rings. The van der Waals surface area contributed by atoms with Gasteiger partial charge in [0.05, 0.1) is 6.33 Å². The standard InChI is InChI=1S/C14H18N6O3/c1-7(2)9-4-10(20-14(15)19-9)12(21)18-11(13(22)23)3-8-5-16-6-17-8/h4-7,11H,3H2,1-2H3,(H,16,17)(H,18,21)(H,22,23)(H2,15,19,20)/t11-/m0/s1. The number of nitrogen functional groups attached to an aromatic ring is 1. The Labute approximate surface area is 132 Å². The van der Waals surface area contributed by atoms with Gasteiger partial charge in [0.2, 0.25) is 5.95 Å². The van der Waals surface area contributed by atoms with Gasteiger partial charge >= 0.3 is 5.97 Å². The number of hydrogen-bond acceptors (Lipinski definition) is 6. The van der Waals surface area contributed by atoms with E-state index in [-0.39, 0.29) is 24.0 Å². The second-order valence-electron chi connectivity index (χ2n) is 5.34. The summed E-state index contributed by atoms with van der Waals surface area (Å²) in [6.45, 7) is 3.81. The molecule has 0 unspecified atom stereocenters. The third-order valence-corrected chi connectivity index (χ3v) is 3.17. The molecule has 1 amide bonds. The van der Waals surface area contributed by atoms with Gasteiger partial charge in [0.15, 0.2) is 0 Å². The first-order chi connectivity index (χ1) is 10.9. The third kappa shape index (κ3) is 4.25. The molecule has 2 aromatic heterocycles. The number of rotatable bonds is 6. The van der Waals surface area contributed by atoms with Crippen LogP contribution in [-0.4, -0.2) is 43.0 Å². The van der Waals surface area contributed by atoms with E-state index in [1.165, 1.54) is 18.6 Å². The Morgan fingerprint density at radius 3 is 2.70 bits per heavy atom. The lowest BCUT2D eigenvalue weighted by Gasteiger charge is -2.14. The van der Waals surface area contributed by atoms with Crippen LogP contribution in [0.5, 0.6) is 0 Å². The summed E-state index contributed by atoms with van der Waals surface area (Å²) in [5.74, 6) is -1.74. The van der Waals surface area contributed by atoms with Gasteiger partial charge in [-0.2, -0.15) is 0 Å². The van der Waals surface area contributed by atoms with Gasteiger partial charge in [-0.3, -0.25) is 4.79 Å². The predicted octanol–water partition coefficient (Wildman–Crippen LogP) is 0.331. The Morgan fingerprint density at radius 1 is 1.39 bits per heavy atom. The number of H-pyrrole nitrogens is 1. The highest BCUT2D eigenvalue weighted by Crippen LogP contribution is 2.13. The van der Waals surface area contributed by atoms with Gasteiger partial charge < -0.3 is 21.1 Å². The molecule has 0 aromatic carbocycles. The average molecular weight is 318 g/mol. The Balaban J connectivity index is 2.17. The number of imidazole rings is 1. The van der Waals surface area contributed by atoms with Crippen molar-refractivity contribution in [3.8, 4) is 0 Å². The fourth-order valence-electron chi connectivity index (χ4n) is 1.95. The Morgan fingerprint density at radius 2 is 2.13 bits per heavy atom. The second kappa shape index (κ2) is 6.86. The number of anilines is 1. The maximum atomic E-state index is 12.3. The maximum absolute atomic E-state index is 12.3. The number of carbonyl (C=O) groups is 2.